The summed E-state index contributed by atoms with van der Waals surface area (Å²) in [6, 6.07) is 12.4. The molecule has 0 radical (unpaired) electrons. The predicted molar refractivity (Wildman–Crippen MR) is 70.9 cm³/mol. The fourth-order valence-corrected chi connectivity index (χ4v) is 3.36. The van der Waals surface area contributed by atoms with Crippen LogP contribution >= 0.6 is 0 Å². The maximum Gasteiger partial charge on any atom is 0.0253 e. The van der Waals surface area contributed by atoms with Crippen molar-refractivity contribution in [3.63, 3.8) is 0 Å². The van der Waals surface area contributed by atoms with Gasteiger partial charge in [0.05, 0.1) is 0 Å². The number of nitrogens with zero attached hydrogens (tertiary/aromatic N) is 1. The van der Waals surface area contributed by atoms with Crippen LogP contribution in [0.15, 0.2) is 30.3 Å². The summed E-state index contributed by atoms with van der Waals surface area (Å²) in [7, 11) is 0. The first-order valence-corrected chi connectivity index (χ1v) is 6.95. The third-order valence-electron chi connectivity index (χ3n) is 4.21. The minimum absolute atomic E-state index is 0.751. The van der Waals surface area contributed by atoms with E-state index in [9.17, 15) is 0 Å². The highest BCUT2D eigenvalue weighted by atomic mass is 15.2. The number of likely N-dealkylation sites (tertiary alicyclic amines) is 1. The van der Waals surface area contributed by atoms with E-state index in [-0.39, 0.29) is 0 Å². The van der Waals surface area contributed by atoms with Crippen LogP contribution in [0.5, 0.6) is 0 Å². The molecule has 2 heterocycles. The number of hydrogen-bond donors (Lipinski definition) is 1. The lowest BCUT2D eigenvalue weighted by atomic mass is 10.0. The molecular weight excluding hydrogens is 208 g/mol. The second-order valence-electron chi connectivity index (χ2n) is 5.37. The molecule has 0 amide bonds. The van der Waals surface area contributed by atoms with Crippen molar-refractivity contribution in [3.8, 4) is 0 Å². The van der Waals surface area contributed by atoms with Crippen molar-refractivity contribution in [3.05, 3.63) is 35.9 Å². The summed E-state index contributed by atoms with van der Waals surface area (Å²) in [5.41, 5.74) is 1.46. The third-order valence-corrected chi connectivity index (χ3v) is 4.21. The summed E-state index contributed by atoms with van der Waals surface area (Å²) >= 11 is 0. The Balaban J connectivity index is 1.65. The largest absolute Gasteiger partial charge is 0.312 e. The monoisotopic (exact) mass is 230 g/mol. The summed E-state index contributed by atoms with van der Waals surface area (Å²) in [4.78, 5) is 2.68. The van der Waals surface area contributed by atoms with Gasteiger partial charge in [-0.15, -0.1) is 0 Å². The zero-order chi connectivity index (χ0) is 11.5. The zero-order valence-corrected chi connectivity index (χ0v) is 10.4. The highest BCUT2D eigenvalue weighted by Gasteiger charge is 2.32. The summed E-state index contributed by atoms with van der Waals surface area (Å²) in [6.45, 7) is 3.63. The Bertz CT molecular complexity index is 343. The van der Waals surface area contributed by atoms with Crippen molar-refractivity contribution >= 4 is 0 Å². The van der Waals surface area contributed by atoms with Crippen molar-refractivity contribution in [2.75, 3.05) is 13.1 Å². The van der Waals surface area contributed by atoms with E-state index in [1.807, 2.05) is 0 Å². The van der Waals surface area contributed by atoms with Gasteiger partial charge in [-0.1, -0.05) is 30.3 Å². The molecule has 0 spiro atoms. The van der Waals surface area contributed by atoms with Gasteiger partial charge in [0.25, 0.3) is 0 Å². The average Bonchev–Trinajstić information content (AvgIpc) is 3.00. The second-order valence-corrected chi connectivity index (χ2v) is 5.37. The fourth-order valence-electron chi connectivity index (χ4n) is 3.36. The molecule has 2 nitrogen and oxygen atoms in total. The standard InChI is InChI=1S/C15H22N2/c1-2-6-13(7-3-1)12-17-11-5-9-15(17)14-8-4-10-16-14/h1-3,6-7,14-16H,4-5,8-12H2/t14-,15+/m1/s1. The van der Waals surface area contributed by atoms with Gasteiger partial charge in [0.15, 0.2) is 0 Å². The van der Waals surface area contributed by atoms with E-state index in [2.05, 4.69) is 40.5 Å². The van der Waals surface area contributed by atoms with Gasteiger partial charge in [0.2, 0.25) is 0 Å². The topological polar surface area (TPSA) is 15.3 Å². The van der Waals surface area contributed by atoms with Crippen LogP contribution in [0.4, 0.5) is 0 Å². The Hall–Kier alpha value is -0.860. The van der Waals surface area contributed by atoms with E-state index in [1.54, 1.807) is 0 Å². The molecule has 1 N–H and O–H groups in total. The first-order chi connectivity index (χ1) is 8.43. The van der Waals surface area contributed by atoms with Gasteiger partial charge in [-0.05, 0) is 44.3 Å². The maximum atomic E-state index is 3.67. The molecule has 3 rings (SSSR count). The van der Waals surface area contributed by atoms with Crippen LogP contribution in [0.2, 0.25) is 0 Å². The van der Waals surface area contributed by atoms with Gasteiger partial charge in [-0.3, -0.25) is 4.90 Å². The Labute approximate surface area is 104 Å². The molecule has 0 aliphatic carbocycles. The molecule has 1 aromatic rings. The van der Waals surface area contributed by atoms with Crippen LogP contribution in [-0.2, 0) is 6.54 Å². The molecule has 92 valence electrons. The molecule has 2 fully saturated rings. The minimum Gasteiger partial charge on any atom is -0.312 e. The lowest BCUT2D eigenvalue weighted by Crippen LogP contribution is -2.43. The van der Waals surface area contributed by atoms with Crippen LogP contribution < -0.4 is 5.32 Å². The maximum absolute atomic E-state index is 3.67. The molecule has 0 unspecified atom stereocenters. The molecule has 0 bridgehead atoms. The van der Waals surface area contributed by atoms with Gasteiger partial charge in [-0.2, -0.15) is 0 Å². The van der Waals surface area contributed by atoms with E-state index in [0.717, 1.165) is 18.6 Å². The Morgan fingerprint density at radius 1 is 1.12 bits per heavy atom. The first kappa shape index (κ1) is 11.2. The van der Waals surface area contributed by atoms with Crippen LogP contribution in [0.25, 0.3) is 0 Å². The zero-order valence-electron chi connectivity index (χ0n) is 10.4. The van der Waals surface area contributed by atoms with Gasteiger partial charge < -0.3 is 5.32 Å². The first-order valence-electron chi connectivity index (χ1n) is 6.95. The highest BCUT2D eigenvalue weighted by Crippen LogP contribution is 2.26. The summed E-state index contributed by atoms with van der Waals surface area (Å²) < 4.78 is 0. The average molecular weight is 230 g/mol. The Morgan fingerprint density at radius 3 is 2.76 bits per heavy atom. The van der Waals surface area contributed by atoms with Gasteiger partial charge in [-0.25, -0.2) is 0 Å². The third kappa shape index (κ3) is 2.53. The van der Waals surface area contributed by atoms with Gasteiger partial charge in [0, 0.05) is 18.6 Å². The summed E-state index contributed by atoms with van der Waals surface area (Å²) in [5.74, 6) is 0. The molecule has 1 aromatic carbocycles. The van der Waals surface area contributed by atoms with Crippen molar-refractivity contribution in [1.29, 1.82) is 0 Å². The number of hydrogen-bond acceptors (Lipinski definition) is 2. The summed E-state index contributed by atoms with van der Waals surface area (Å²) in [6.07, 6.45) is 5.48. The summed E-state index contributed by atoms with van der Waals surface area (Å²) in [5, 5.41) is 3.67. The minimum atomic E-state index is 0.751. The van der Waals surface area contributed by atoms with Crippen LogP contribution in [0.1, 0.15) is 31.2 Å². The number of nitrogens with one attached hydrogen (secondary N) is 1. The van der Waals surface area contributed by atoms with E-state index in [0.29, 0.717) is 0 Å². The Morgan fingerprint density at radius 2 is 2.00 bits per heavy atom. The molecule has 0 aromatic heterocycles. The van der Waals surface area contributed by atoms with Crippen molar-refractivity contribution in [2.24, 2.45) is 0 Å². The predicted octanol–water partition coefficient (Wildman–Crippen LogP) is 2.40. The number of benzene rings is 1. The molecule has 2 heteroatoms. The quantitative estimate of drug-likeness (QED) is 0.858. The second kappa shape index (κ2) is 5.19. The number of rotatable bonds is 3. The van der Waals surface area contributed by atoms with Crippen molar-refractivity contribution < 1.29 is 0 Å². The lowest BCUT2D eigenvalue weighted by molar-refractivity contribution is 0.206. The molecule has 0 saturated carbocycles. The Kier molecular flexibility index (Phi) is 3.44. The van der Waals surface area contributed by atoms with Gasteiger partial charge in [0.1, 0.15) is 0 Å². The van der Waals surface area contributed by atoms with Crippen LogP contribution in [-0.4, -0.2) is 30.1 Å². The molecule has 17 heavy (non-hydrogen) atoms. The molecule has 2 aliphatic rings. The molecule has 2 aliphatic heterocycles. The van der Waals surface area contributed by atoms with Crippen LogP contribution in [0.3, 0.4) is 0 Å². The van der Waals surface area contributed by atoms with E-state index < -0.39 is 0 Å². The van der Waals surface area contributed by atoms with Crippen LogP contribution in [0, 0.1) is 0 Å². The van der Waals surface area contributed by atoms with E-state index >= 15 is 0 Å². The normalized spacial score (nSPS) is 29.9. The lowest BCUT2D eigenvalue weighted by Gasteiger charge is -2.29. The highest BCUT2D eigenvalue weighted by molar-refractivity contribution is 5.15. The van der Waals surface area contributed by atoms with E-state index in [1.165, 1.54) is 44.3 Å². The molecule has 2 saturated heterocycles. The van der Waals surface area contributed by atoms with Gasteiger partial charge >= 0.3 is 0 Å². The fraction of sp³-hybridized carbons (Fsp3) is 0.600. The molecule has 2 atom stereocenters. The van der Waals surface area contributed by atoms with E-state index in [4.69, 9.17) is 0 Å². The van der Waals surface area contributed by atoms with Crippen molar-refractivity contribution in [1.82, 2.24) is 10.2 Å². The SMILES string of the molecule is c1ccc(CN2CCC[C@H]2[C@H]2CCCN2)cc1. The smallest absolute Gasteiger partial charge is 0.0253 e. The molecular formula is C15H22N2. The van der Waals surface area contributed by atoms with Crippen molar-refractivity contribution in [2.45, 2.75) is 44.3 Å².